The molecule has 0 aromatic heterocycles. The molecule has 3 saturated heterocycles. The highest BCUT2D eigenvalue weighted by Gasteiger charge is 2.42. The Morgan fingerprint density at radius 2 is 2.14 bits per heavy atom. The number of ether oxygens (including phenoxy) is 1. The second-order valence-electron chi connectivity index (χ2n) is 7.14. The van der Waals surface area contributed by atoms with Crippen molar-refractivity contribution in [1.82, 2.24) is 10.2 Å². The molecule has 5 heteroatoms. The van der Waals surface area contributed by atoms with E-state index in [1.165, 1.54) is 12.8 Å². The lowest BCUT2D eigenvalue weighted by molar-refractivity contribution is -0.131. The lowest BCUT2D eigenvalue weighted by Crippen LogP contribution is -2.36. The summed E-state index contributed by atoms with van der Waals surface area (Å²) in [7, 11) is 0. The second-order valence-corrected chi connectivity index (χ2v) is 7.14. The number of likely N-dealkylation sites (tertiary alicyclic amines) is 1. The number of carbonyl (C=O) groups is 1. The normalized spacial score (nSPS) is 31.4. The molecule has 3 fully saturated rings. The van der Waals surface area contributed by atoms with E-state index in [4.69, 9.17) is 4.74 Å². The molecule has 0 bridgehead atoms. The van der Waals surface area contributed by atoms with E-state index in [-0.39, 0.29) is 12.4 Å². The molecule has 3 aliphatic rings. The summed E-state index contributed by atoms with van der Waals surface area (Å²) in [6, 6.07) is 0. The summed E-state index contributed by atoms with van der Waals surface area (Å²) < 4.78 is 5.54. The van der Waals surface area contributed by atoms with E-state index in [0.29, 0.717) is 17.2 Å². The zero-order valence-corrected chi connectivity index (χ0v) is 13.9. The molecule has 4 nitrogen and oxygen atoms in total. The monoisotopic (exact) mass is 316 g/mol. The van der Waals surface area contributed by atoms with Crippen LogP contribution in [0.1, 0.15) is 39.0 Å². The van der Waals surface area contributed by atoms with Gasteiger partial charge in [0.25, 0.3) is 0 Å². The first-order chi connectivity index (χ1) is 9.69. The Morgan fingerprint density at radius 1 is 1.38 bits per heavy atom. The molecular formula is C16H29ClN2O2. The van der Waals surface area contributed by atoms with Crippen molar-refractivity contribution in [2.45, 2.75) is 39.0 Å². The zero-order chi connectivity index (χ0) is 14.0. The van der Waals surface area contributed by atoms with Gasteiger partial charge in [-0.3, -0.25) is 4.79 Å². The maximum absolute atomic E-state index is 12.5. The van der Waals surface area contributed by atoms with Gasteiger partial charge in [0.1, 0.15) is 0 Å². The summed E-state index contributed by atoms with van der Waals surface area (Å²) in [5.74, 6) is 1.63. The van der Waals surface area contributed by atoms with E-state index in [1.807, 2.05) is 0 Å². The highest BCUT2D eigenvalue weighted by Crippen LogP contribution is 2.38. The Labute approximate surface area is 134 Å². The average molecular weight is 317 g/mol. The van der Waals surface area contributed by atoms with Crippen LogP contribution in [0.3, 0.4) is 0 Å². The van der Waals surface area contributed by atoms with E-state index in [1.54, 1.807) is 0 Å². The minimum absolute atomic E-state index is 0. The number of halogens is 1. The van der Waals surface area contributed by atoms with Gasteiger partial charge in [-0.05, 0) is 50.6 Å². The van der Waals surface area contributed by atoms with Gasteiger partial charge >= 0.3 is 0 Å². The number of rotatable bonds is 3. The third-order valence-electron chi connectivity index (χ3n) is 5.66. The van der Waals surface area contributed by atoms with Crippen LogP contribution in [-0.4, -0.2) is 50.2 Å². The minimum Gasteiger partial charge on any atom is -0.381 e. The van der Waals surface area contributed by atoms with Crippen LogP contribution in [0.25, 0.3) is 0 Å². The molecule has 21 heavy (non-hydrogen) atoms. The zero-order valence-electron chi connectivity index (χ0n) is 13.1. The first kappa shape index (κ1) is 17.0. The standard InChI is InChI=1S/C16H28N2O2.ClH/c1-13(14-2-6-17-7-3-14)10-15(19)18-8-4-16(11-18)5-9-20-12-16;/h13-14,17H,2-12H2,1H3;1H. The van der Waals surface area contributed by atoms with Crippen LogP contribution in [0.2, 0.25) is 0 Å². The molecule has 3 aliphatic heterocycles. The molecule has 0 saturated carbocycles. The Balaban J connectivity index is 0.00000161. The smallest absolute Gasteiger partial charge is 0.222 e. The molecule has 1 amide bonds. The van der Waals surface area contributed by atoms with Gasteiger partial charge in [0.05, 0.1) is 6.61 Å². The number of carbonyl (C=O) groups excluding carboxylic acids is 1. The molecular weight excluding hydrogens is 288 g/mol. The molecule has 122 valence electrons. The molecule has 3 rings (SSSR count). The van der Waals surface area contributed by atoms with Crippen molar-refractivity contribution >= 4 is 18.3 Å². The molecule has 3 heterocycles. The topological polar surface area (TPSA) is 41.6 Å². The molecule has 0 radical (unpaired) electrons. The molecule has 2 unspecified atom stereocenters. The SMILES string of the molecule is CC(CC(=O)N1CCC2(CCOC2)C1)C1CCNCC1.Cl. The summed E-state index contributed by atoms with van der Waals surface area (Å²) >= 11 is 0. The van der Waals surface area contributed by atoms with Crippen LogP contribution < -0.4 is 5.32 Å². The maximum Gasteiger partial charge on any atom is 0.222 e. The largest absolute Gasteiger partial charge is 0.381 e. The Bertz CT molecular complexity index is 352. The van der Waals surface area contributed by atoms with Gasteiger partial charge in [0, 0.05) is 31.5 Å². The fraction of sp³-hybridized carbons (Fsp3) is 0.938. The van der Waals surface area contributed by atoms with Gasteiger partial charge in [0.2, 0.25) is 5.91 Å². The molecule has 1 N–H and O–H groups in total. The highest BCUT2D eigenvalue weighted by molar-refractivity contribution is 5.85. The molecule has 2 atom stereocenters. The first-order valence-electron chi connectivity index (χ1n) is 8.25. The highest BCUT2D eigenvalue weighted by atomic mass is 35.5. The van der Waals surface area contributed by atoms with E-state index in [9.17, 15) is 4.79 Å². The summed E-state index contributed by atoms with van der Waals surface area (Å²) in [5.41, 5.74) is 0.299. The number of hydrogen-bond donors (Lipinski definition) is 1. The van der Waals surface area contributed by atoms with Crippen molar-refractivity contribution in [3.63, 3.8) is 0 Å². The minimum atomic E-state index is 0. The number of nitrogens with zero attached hydrogens (tertiary/aromatic N) is 1. The van der Waals surface area contributed by atoms with Crippen molar-refractivity contribution in [2.75, 3.05) is 39.4 Å². The van der Waals surface area contributed by atoms with E-state index < -0.39 is 0 Å². The fourth-order valence-electron chi connectivity index (χ4n) is 4.10. The fourth-order valence-corrected chi connectivity index (χ4v) is 4.10. The summed E-state index contributed by atoms with van der Waals surface area (Å²) in [5, 5.41) is 3.40. The Kier molecular flexibility index (Phi) is 5.92. The number of amides is 1. The summed E-state index contributed by atoms with van der Waals surface area (Å²) in [6.07, 6.45) is 5.47. The Morgan fingerprint density at radius 3 is 2.81 bits per heavy atom. The Hall–Kier alpha value is -0.320. The summed E-state index contributed by atoms with van der Waals surface area (Å²) in [4.78, 5) is 14.6. The third-order valence-corrected chi connectivity index (χ3v) is 5.66. The molecule has 0 aromatic carbocycles. The van der Waals surface area contributed by atoms with E-state index >= 15 is 0 Å². The number of hydrogen-bond acceptors (Lipinski definition) is 3. The van der Waals surface area contributed by atoms with Crippen LogP contribution in [0.4, 0.5) is 0 Å². The predicted octanol–water partition coefficient (Wildman–Crippen LogP) is 2.07. The van der Waals surface area contributed by atoms with Gasteiger partial charge < -0.3 is 15.0 Å². The molecule has 0 aromatic rings. The van der Waals surface area contributed by atoms with Crippen molar-refractivity contribution < 1.29 is 9.53 Å². The lowest BCUT2D eigenvalue weighted by atomic mass is 9.84. The van der Waals surface area contributed by atoms with E-state index in [2.05, 4.69) is 17.1 Å². The van der Waals surface area contributed by atoms with Crippen LogP contribution in [0.15, 0.2) is 0 Å². The van der Waals surface area contributed by atoms with Gasteiger partial charge in [-0.2, -0.15) is 0 Å². The third kappa shape index (κ3) is 3.91. The lowest BCUT2D eigenvalue weighted by Gasteiger charge is -2.29. The van der Waals surface area contributed by atoms with Crippen molar-refractivity contribution in [1.29, 1.82) is 0 Å². The van der Waals surface area contributed by atoms with Crippen LogP contribution >= 0.6 is 12.4 Å². The summed E-state index contributed by atoms with van der Waals surface area (Å²) in [6.45, 7) is 8.12. The van der Waals surface area contributed by atoms with Gasteiger partial charge in [0.15, 0.2) is 0 Å². The van der Waals surface area contributed by atoms with Gasteiger partial charge in [-0.1, -0.05) is 6.92 Å². The van der Waals surface area contributed by atoms with Crippen LogP contribution in [0, 0.1) is 17.3 Å². The molecule has 1 spiro atoms. The molecule has 0 aliphatic carbocycles. The van der Waals surface area contributed by atoms with Gasteiger partial charge in [-0.25, -0.2) is 0 Å². The van der Waals surface area contributed by atoms with Crippen molar-refractivity contribution in [3.05, 3.63) is 0 Å². The number of nitrogens with one attached hydrogen (secondary N) is 1. The number of piperidine rings is 1. The quantitative estimate of drug-likeness (QED) is 0.866. The average Bonchev–Trinajstić information content (AvgIpc) is 3.10. The van der Waals surface area contributed by atoms with Crippen molar-refractivity contribution in [3.8, 4) is 0 Å². The van der Waals surface area contributed by atoms with Gasteiger partial charge in [-0.15, -0.1) is 12.4 Å². The van der Waals surface area contributed by atoms with Crippen LogP contribution in [-0.2, 0) is 9.53 Å². The maximum atomic E-state index is 12.5. The van der Waals surface area contributed by atoms with Crippen molar-refractivity contribution in [2.24, 2.45) is 17.3 Å². The second kappa shape index (κ2) is 7.30. The first-order valence-corrected chi connectivity index (χ1v) is 8.25. The van der Waals surface area contributed by atoms with E-state index in [0.717, 1.165) is 64.6 Å². The predicted molar refractivity (Wildman–Crippen MR) is 85.7 cm³/mol. The van der Waals surface area contributed by atoms with Crippen LogP contribution in [0.5, 0.6) is 0 Å².